The molecule has 0 aliphatic carbocycles. The first-order valence-corrected chi connectivity index (χ1v) is 8.82. The second-order valence-electron chi connectivity index (χ2n) is 6.29. The molecule has 1 N–H and O–H groups in total. The molecule has 1 amide bonds. The Morgan fingerprint density at radius 2 is 2.00 bits per heavy atom. The van der Waals surface area contributed by atoms with Crippen molar-refractivity contribution in [3.05, 3.63) is 0 Å². The van der Waals surface area contributed by atoms with Gasteiger partial charge in [-0.2, -0.15) is 0 Å². The van der Waals surface area contributed by atoms with Gasteiger partial charge in [0.25, 0.3) is 0 Å². The number of carbonyl (C=O) groups excluding carboxylic acids is 2. The molecule has 0 spiro atoms. The van der Waals surface area contributed by atoms with Crippen molar-refractivity contribution in [2.45, 2.75) is 44.9 Å². The van der Waals surface area contributed by atoms with Crippen molar-refractivity contribution in [2.24, 2.45) is 5.92 Å². The maximum Gasteiger partial charge on any atom is 0.220 e. The molecule has 7 nitrogen and oxygen atoms in total. The number of carbonyl (C=O) groups is 2. The van der Waals surface area contributed by atoms with Crippen LogP contribution >= 0.6 is 0 Å². The van der Waals surface area contributed by atoms with E-state index in [9.17, 15) is 18.0 Å². The third-order valence-corrected chi connectivity index (χ3v) is 4.90. The number of rotatable bonds is 4. The summed E-state index contributed by atoms with van der Waals surface area (Å²) in [6, 6.07) is -0.465. The average molecular weight is 318 g/mol. The summed E-state index contributed by atoms with van der Waals surface area (Å²) in [4.78, 5) is 25.1. The highest BCUT2D eigenvalue weighted by atomic mass is 32.2. The minimum Gasteiger partial charge on any atom is -0.368 e. The minimum atomic E-state index is -3.29. The predicted octanol–water partition coefficient (Wildman–Crippen LogP) is -0.481. The first-order chi connectivity index (χ1) is 9.52. The van der Waals surface area contributed by atoms with Gasteiger partial charge in [-0.25, -0.2) is 13.1 Å². The molecule has 0 aromatic rings. The van der Waals surface area contributed by atoms with Gasteiger partial charge in [-0.1, -0.05) is 0 Å². The molecule has 2 saturated heterocycles. The average Bonchev–Trinajstić information content (AvgIpc) is 2.78. The second kappa shape index (κ2) is 5.33. The van der Waals surface area contributed by atoms with E-state index in [0.717, 1.165) is 6.26 Å². The molecule has 8 heteroatoms. The van der Waals surface area contributed by atoms with Crippen molar-refractivity contribution < 1.29 is 22.7 Å². The van der Waals surface area contributed by atoms with Crippen LogP contribution in [0.4, 0.5) is 0 Å². The molecule has 0 aromatic heterocycles. The number of hydrogen-bond acceptors (Lipinski definition) is 5. The Bertz CT molecular complexity index is 561. The van der Waals surface area contributed by atoms with E-state index in [2.05, 4.69) is 4.72 Å². The molecular formula is C13H22N2O5S. The SMILES string of the molecule is CC(=O)[C@@H]1C2CC(C)(CNS(C)(=O)=O)OC2CN1C(C)=O. The monoisotopic (exact) mass is 318 g/mol. The lowest BCUT2D eigenvalue weighted by Gasteiger charge is -2.29. The van der Waals surface area contributed by atoms with Crippen LogP contribution < -0.4 is 4.72 Å². The van der Waals surface area contributed by atoms with Crippen molar-refractivity contribution in [3.8, 4) is 0 Å². The highest BCUT2D eigenvalue weighted by Gasteiger charge is 2.54. The molecule has 2 aliphatic heterocycles. The van der Waals surface area contributed by atoms with Crippen LogP contribution in [0.15, 0.2) is 0 Å². The van der Waals surface area contributed by atoms with Gasteiger partial charge in [0.05, 0.1) is 24.0 Å². The van der Waals surface area contributed by atoms with Crippen molar-refractivity contribution in [1.82, 2.24) is 9.62 Å². The third kappa shape index (κ3) is 3.44. The summed E-state index contributed by atoms with van der Waals surface area (Å²) in [5.74, 6) is -0.261. The Hall–Kier alpha value is -0.990. The van der Waals surface area contributed by atoms with E-state index in [4.69, 9.17) is 4.74 Å². The lowest BCUT2D eigenvalue weighted by Crippen LogP contribution is -2.45. The van der Waals surface area contributed by atoms with E-state index < -0.39 is 21.7 Å². The van der Waals surface area contributed by atoms with Gasteiger partial charge in [0.15, 0.2) is 5.78 Å². The fourth-order valence-electron chi connectivity index (χ4n) is 3.40. The van der Waals surface area contributed by atoms with Gasteiger partial charge in [0.1, 0.15) is 0 Å². The standard InChI is InChI=1S/C13H22N2O5S/c1-8(16)12-10-5-13(3,7-14-21(4,18)19)20-11(10)6-15(12)9(2)17/h10-12,14H,5-7H2,1-4H3/t10?,11?,12-,13?/m1/s1. The zero-order chi connectivity index (χ0) is 16.0. The quantitative estimate of drug-likeness (QED) is 0.756. The zero-order valence-corrected chi connectivity index (χ0v) is 13.6. The summed E-state index contributed by atoms with van der Waals surface area (Å²) >= 11 is 0. The molecule has 4 atom stereocenters. The van der Waals surface area contributed by atoms with Crippen LogP contribution in [0.25, 0.3) is 0 Å². The van der Waals surface area contributed by atoms with Gasteiger partial charge in [-0.3, -0.25) is 9.59 Å². The topological polar surface area (TPSA) is 92.8 Å². The van der Waals surface area contributed by atoms with Gasteiger partial charge in [-0.05, 0) is 20.3 Å². The first kappa shape index (κ1) is 16.4. The normalized spacial score (nSPS) is 35.8. The number of ether oxygens (including phenoxy) is 1. The minimum absolute atomic E-state index is 0.0541. The highest BCUT2D eigenvalue weighted by Crippen LogP contribution is 2.43. The van der Waals surface area contributed by atoms with Crippen LogP contribution in [0.5, 0.6) is 0 Å². The number of Topliss-reactive ketones (excluding diaryl/α,β-unsaturated/α-hetero) is 1. The molecule has 0 radical (unpaired) electrons. The molecule has 0 aromatic carbocycles. The maximum atomic E-state index is 11.9. The van der Waals surface area contributed by atoms with Crippen LogP contribution in [0, 0.1) is 5.92 Å². The second-order valence-corrected chi connectivity index (χ2v) is 8.13. The van der Waals surface area contributed by atoms with E-state index in [-0.39, 0.29) is 30.3 Å². The molecule has 2 rings (SSSR count). The fourth-order valence-corrected chi connectivity index (χ4v) is 3.97. The molecule has 2 aliphatic rings. The van der Waals surface area contributed by atoms with Crippen molar-refractivity contribution in [2.75, 3.05) is 19.3 Å². The van der Waals surface area contributed by atoms with Gasteiger partial charge in [0.2, 0.25) is 15.9 Å². The number of likely N-dealkylation sites (tertiary alicyclic amines) is 1. The number of sulfonamides is 1. The summed E-state index contributed by atoms with van der Waals surface area (Å²) in [7, 11) is -3.29. The van der Waals surface area contributed by atoms with Crippen LogP contribution in [-0.4, -0.2) is 62.1 Å². The first-order valence-electron chi connectivity index (χ1n) is 6.92. The molecule has 2 heterocycles. The Labute approximate surface area is 125 Å². The van der Waals surface area contributed by atoms with Crippen molar-refractivity contribution in [1.29, 1.82) is 0 Å². The van der Waals surface area contributed by atoms with E-state index in [1.54, 1.807) is 4.90 Å². The van der Waals surface area contributed by atoms with Gasteiger partial charge >= 0.3 is 0 Å². The maximum absolute atomic E-state index is 11.9. The number of hydrogen-bond donors (Lipinski definition) is 1. The predicted molar refractivity (Wildman–Crippen MR) is 76.1 cm³/mol. The smallest absolute Gasteiger partial charge is 0.220 e. The van der Waals surface area contributed by atoms with Crippen LogP contribution in [0.1, 0.15) is 27.2 Å². The Morgan fingerprint density at radius 3 is 2.48 bits per heavy atom. The van der Waals surface area contributed by atoms with Crippen molar-refractivity contribution >= 4 is 21.7 Å². The number of nitrogens with one attached hydrogen (secondary N) is 1. The number of amides is 1. The van der Waals surface area contributed by atoms with Gasteiger partial charge < -0.3 is 9.64 Å². The van der Waals surface area contributed by atoms with Crippen molar-refractivity contribution in [3.63, 3.8) is 0 Å². The third-order valence-electron chi connectivity index (χ3n) is 4.23. The largest absolute Gasteiger partial charge is 0.368 e. The van der Waals surface area contributed by atoms with E-state index in [1.165, 1.54) is 13.8 Å². The van der Waals surface area contributed by atoms with Crippen LogP contribution in [0.3, 0.4) is 0 Å². The number of ketones is 1. The summed E-state index contributed by atoms with van der Waals surface area (Å²) in [5, 5.41) is 0. The van der Waals surface area contributed by atoms with E-state index >= 15 is 0 Å². The summed E-state index contributed by atoms with van der Waals surface area (Å²) < 4.78 is 30.8. The summed E-state index contributed by atoms with van der Waals surface area (Å²) in [5.41, 5.74) is -0.644. The van der Waals surface area contributed by atoms with E-state index in [1.807, 2.05) is 6.92 Å². The molecule has 0 bridgehead atoms. The van der Waals surface area contributed by atoms with Gasteiger partial charge in [0, 0.05) is 25.9 Å². The fraction of sp³-hybridized carbons (Fsp3) is 0.846. The van der Waals surface area contributed by atoms with Crippen LogP contribution in [0.2, 0.25) is 0 Å². The number of nitrogens with zero attached hydrogens (tertiary/aromatic N) is 1. The molecule has 0 saturated carbocycles. The molecule has 3 unspecified atom stereocenters. The number of fused-ring (bicyclic) bond motifs is 1. The Morgan fingerprint density at radius 1 is 1.38 bits per heavy atom. The summed E-state index contributed by atoms with van der Waals surface area (Å²) in [6.45, 7) is 5.32. The molecule has 2 fully saturated rings. The molecular weight excluding hydrogens is 296 g/mol. The lowest BCUT2D eigenvalue weighted by molar-refractivity contribution is -0.136. The lowest BCUT2D eigenvalue weighted by atomic mass is 9.88. The summed E-state index contributed by atoms with van der Waals surface area (Å²) in [6.07, 6.45) is 1.44. The van der Waals surface area contributed by atoms with E-state index in [0.29, 0.717) is 13.0 Å². The zero-order valence-electron chi connectivity index (χ0n) is 12.8. The highest BCUT2D eigenvalue weighted by molar-refractivity contribution is 7.88. The molecule has 21 heavy (non-hydrogen) atoms. The molecule has 120 valence electrons. The Balaban J connectivity index is 2.12. The van der Waals surface area contributed by atoms with Gasteiger partial charge in [-0.15, -0.1) is 0 Å². The Kier molecular flexibility index (Phi) is 4.16. The van der Waals surface area contributed by atoms with Crippen LogP contribution in [-0.2, 0) is 24.3 Å².